The van der Waals surface area contributed by atoms with Crippen molar-refractivity contribution < 1.29 is 4.79 Å². The van der Waals surface area contributed by atoms with E-state index in [2.05, 4.69) is 0 Å². The zero-order valence-electron chi connectivity index (χ0n) is 10.5. The zero-order valence-corrected chi connectivity index (χ0v) is 11.3. The molecular formula is C16H11NO2S. The van der Waals surface area contributed by atoms with E-state index in [0.717, 1.165) is 21.6 Å². The van der Waals surface area contributed by atoms with Crippen molar-refractivity contribution in [3.8, 4) is 0 Å². The number of para-hydroxylation sites is 1. The number of hydrogen-bond acceptors (Lipinski definition) is 3. The van der Waals surface area contributed by atoms with E-state index >= 15 is 0 Å². The van der Waals surface area contributed by atoms with E-state index in [0.29, 0.717) is 5.52 Å². The highest BCUT2D eigenvalue weighted by molar-refractivity contribution is 7.16. The number of nitrogens with zero attached hydrogens (tertiary/aromatic N) is 1. The molecule has 0 spiro atoms. The average molecular weight is 281 g/mol. The van der Waals surface area contributed by atoms with E-state index in [4.69, 9.17) is 0 Å². The Bertz CT molecular complexity index is 844. The summed E-state index contributed by atoms with van der Waals surface area (Å²) in [4.78, 5) is 23.9. The van der Waals surface area contributed by atoms with Crippen molar-refractivity contribution in [2.24, 2.45) is 0 Å². The minimum Gasteiger partial charge on any atom is -0.269 e. The van der Waals surface area contributed by atoms with Gasteiger partial charge < -0.3 is 0 Å². The smallest absolute Gasteiger partial charge is 0.269 e. The van der Waals surface area contributed by atoms with Crippen LogP contribution in [0.1, 0.15) is 10.4 Å². The molecule has 0 aliphatic carbocycles. The van der Waals surface area contributed by atoms with Gasteiger partial charge in [0.15, 0.2) is 0 Å². The molecule has 3 rings (SSSR count). The molecule has 1 aromatic heterocycles. The number of rotatable bonds is 2. The molecular weight excluding hydrogens is 270 g/mol. The summed E-state index contributed by atoms with van der Waals surface area (Å²) < 4.78 is 2.03. The fourth-order valence-corrected chi connectivity index (χ4v) is 2.86. The van der Waals surface area contributed by atoms with Gasteiger partial charge in [0.2, 0.25) is 0 Å². The highest BCUT2D eigenvalue weighted by atomic mass is 32.1. The van der Waals surface area contributed by atoms with Crippen LogP contribution in [-0.4, -0.2) is 10.5 Å². The maximum Gasteiger partial charge on any atom is 0.315 e. The fraction of sp³-hybridized carbons (Fsp3) is 0. The zero-order chi connectivity index (χ0) is 13.9. The van der Waals surface area contributed by atoms with Gasteiger partial charge in [0.05, 0.1) is 10.2 Å². The van der Waals surface area contributed by atoms with E-state index in [9.17, 15) is 9.59 Å². The Balaban J connectivity index is 1.99. The second-order valence-corrected chi connectivity index (χ2v) is 5.25. The third kappa shape index (κ3) is 2.33. The van der Waals surface area contributed by atoms with Gasteiger partial charge in [-0.05, 0) is 23.8 Å². The van der Waals surface area contributed by atoms with Crippen molar-refractivity contribution in [2.45, 2.75) is 0 Å². The summed E-state index contributed by atoms with van der Waals surface area (Å²) >= 11 is 1.08. The van der Waals surface area contributed by atoms with Crippen LogP contribution in [0.4, 0.5) is 0 Å². The normalized spacial score (nSPS) is 11.2. The topological polar surface area (TPSA) is 39.1 Å². The first-order valence-electron chi connectivity index (χ1n) is 6.14. The fourth-order valence-electron chi connectivity index (χ4n) is 1.98. The summed E-state index contributed by atoms with van der Waals surface area (Å²) in [6, 6.07) is 16.8. The molecule has 98 valence electrons. The first kappa shape index (κ1) is 12.6. The van der Waals surface area contributed by atoms with Crippen LogP contribution in [0, 0.1) is 0 Å². The maximum atomic E-state index is 12.2. The molecule has 20 heavy (non-hydrogen) atoms. The van der Waals surface area contributed by atoms with Crippen LogP contribution in [0.2, 0.25) is 0 Å². The number of thiazole rings is 1. The lowest BCUT2D eigenvalue weighted by atomic mass is 10.2. The predicted octanol–water partition coefficient (Wildman–Crippen LogP) is 3.42. The van der Waals surface area contributed by atoms with Gasteiger partial charge in [-0.3, -0.25) is 9.59 Å². The van der Waals surface area contributed by atoms with Crippen LogP contribution in [0.25, 0.3) is 16.3 Å². The first-order chi connectivity index (χ1) is 9.75. The van der Waals surface area contributed by atoms with E-state index in [1.54, 1.807) is 12.1 Å². The molecule has 0 atom stereocenters. The van der Waals surface area contributed by atoms with Gasteiger partial charge in [0, 0.05) is 6.08 Å². The van der Waals surface area contributed by atoms with Gasteiger partial charge in [-0.2, -0.15) is 0 Å². The molecule has 0 radical (unpaired) electrons. The number of benzene rings is 2. The van der Waals surface area contributed by atoms with Crippen LogP contribution in [0.15, 0.2) is 65.5 Å². The number of hydrogen-bond donors (Lipinski definition) is 0. The van der Waals surface area contributed by atoms with E-state index in [1.807, 2.05) is 48.5 Å². The third-order valence-corrected chi connectivity index (χ3v) is 3.85. The molecule has 0 unspecified atom stereocenters. The van der Waals surface area contributed by atoms with Crippen molar-refractivity contribution >= 4 is 33.5 Å². The predicted molar refractivity (Wildman–Crippen MR) is 82.2 cm³/mol. The number of carbonyl (C=O) groups excluding carboxylic acids is 1. The number of carbonyl (C=O) groups is 1. The van der Waals surface area contributed by atoms with Crippen LogP contribution >= 0.6 is 11.3 Å². The van der Waals surface area contributed by atoms with Crippen molar-refractivity contribution in [1.82, 2.24) is 4.57 Å². The Kier molecular flexibility index (Phi) is 3.31. The first-order valence-corrected chi connectivity index (χ1v) is 6.95. The maximum absolute atomic E-state index is 12.2. The van der Waals surface area contributed by atoms with Crippen molar-refractivity contribution in [1.29, 1.82) is 0 Å². The van der Waals surface area contributed by atoms with Gasteiger partial charge in [-0.1, -0.05) is 53.8 Å². The Morgan fingerprint density at radius 3 is 2.50 bits per heavy atom. The Morgan fingerprint density at radius 2 is 1.70 bits per heavy atom. The SMILES string of the molecule is O=C(C=Cc1ccccc1)n1c(=O)sc2ccccc21. The molecule has 0 fully saturated rings. The molecule has 0 N–H and O–H groups in total. The lowest BCUT2D eigenvalue weighted by Gasteiger charge is -1.97. The number of aromatic nitrogens is 1. The van der Waals surface area contributed by atoms with E-state index in [-0.39, 0.29) is 10.8 Å². The van der Waals surface area contributed by atoms with Gasteiger partial charge >= 0.3 is 4.87 Å². The Labute approximate surface area is 119 Å². The van der Waals surface area contributed by atoms with E-state index < -0.39 is 0 Å². The minimum absolute atomic E-state index is 0.256. The number of allylic oxidation sites excluding steroid dienone is 1. The van der Waals surface area contributed by atoms with Crippen LogP contribution in [0.5, 0.6) is 0 Å². The summed E-state index contributed by atoms with van der Waals surface area (Å²) in [7, 11) is 0. The van der Waals surface area contributed by atoms with Gasteiger partial charge in [-0.15, -0.1) is 0 Å². The summed E-state index contributed by atoms with van der Waals surface area (Å²) in [6.45, 7) is 0. The molecule has 2 aromatic carbocycles. The average Bonchev–Trinajstić information content (AvgIpc) is 2.82. The highest BCUT2D eigenvalue weighted by Gasteiger charge is 2.11. The second-order valence-electron chi connectivity index (χ2n) is 4.25. The molecule has 4 heteroatoms. The second kappa shape index (κ2) is 5.27. The van der Waals surface area contributed by atoms with Crippen molar-refractivity contribution in [2.75, 3.05) is 0 Å². The Hall–Kier alpha value is -2.46. The molecule has 0 aliphatic rings. The monoisotopic (exact) mass is 281 g/mol. The minimum atomic E-state index is -0.323. The molecule has 3 aromatic rings. The molecule has 0 aliphatic heterocycles. The quantitative estimate of drug-likeness (QED) is 0.675. The number of fused-ring (bicyclic) bond motifs is 1. The lowest BCUT2D eigenvalue weighted by Crippen LogP contribution is -2.19. The van der Waals surface area contributed by atoms with Crippen LogP contribution in [0.3, 0.4) is 0 Å². The van der Waals surface area contributed by atoms with Crippen LogP contribution < -0.4 is 4.87 Å². The van der Waals surface area contributed by atoms with Gasteiger partial charge in [0.25, 0.3) is 5.91 Å². The molecule has 1 heterocycles. The van der Waals surface area contributed by atoms with Crippen LogP contribution in [-0.2, 0) is 0 Å². The summed E-state index contributed by atoms with van der Waals surface area (Å²) in [6.07, 6.45) is 3.14. The van der Waals surface area contributed by atoms with Crippen molar-refractivity contribution in [3.63, 3.8) is 0 Å². The largest absolute Gasteiger partial charge is 0.315 e. The molecule has 0 saturated carbocycles. The lowest BCUT2D eigenvalue weighted by molar-refractivity contribution is 0.0972. The Morgan fingerprint density at radius 1 is 1.00 bits per heavy atom. The van der Waals surface area contributed by atoms with Gasteiger partial charge in [-0.25, -0.2) is 4.57 Å². The van der Waals surface area contributed by atoms with E-state index in [1.165, 1.54) is 10.6 Å². The summed E-state index contributed by atoms with van der Waals surface area (Å²) in [5, 5.41) is 0. The highest BCUT2D eigenvalue weighted by Crippen LogP contribution is 2.16. The molecule has 3 nitrogen and oxygen atoms in total. The standard InChI is InChI=1S/C16H11NO2S/c18-15(11-10-12-6-2-1-3-7-12)17-13-8-4-5-9-14(13)20-16(17)19/h1-11H. The molecule has 0 amide bonds. The van der Waals surface area contributed by atoms with Crippen molar-refractivity contribution in [3.05, 3.63) is 75.9 Å². The van der Waals surface area contributed by atoms with Gasteiger partial charge in [0.1, 0.15) is 0 Å². The molecule has 0 saturated heterocycles. The summed E-state index contributed by atoms with van der Waals surface area (Å²) in [5.41, 5.74) is 1.58. The third-order valence-electron chi connectivity index (χ3n) is 2.92. The molecule has 0 bridgehead atoms. The summed E-state index contributed by atoms with van der Waals surface area (Å²) in [5.74, 6) is -0.323.